The number of fused-ring (bicyclic) bond motifs is 1. The summed E-state index contributed by atoms with van der Waals surface area (Å²) in [5.41, 5.74) is 2.10. The second-order valence-electron chi connectivity index (χ2n) is 4.76. The Morgan fingerprint density at radius 1 is 1.00 bits per heavy atom. The molecule has 0 aliphatic rings. The fourth-order valence-electron chi connectivity index (χ4n) is 2.39. The molecule has 3 aromatic rings. The lowest BCUT2D eigenvalue weighted by atomic mass is 10.3. The van der Waals surface area contributed by atoms with Crippen LogP contribution < -0.4 is 4.74 Å². The molecule has 0 bridgehead atoms. The second-order valence-corrected chi connectivity index (χ2v) is 4.76. The van der Waals surface area contributed by atoms with E-state index in [1.54, 1.807) is 7.11 Å². The lowest BCUT2D eigenvalue weighted by Gasteiger charge is -2.10. The number of aromatic nitrogens is 2. The Morgan fingerprint density at radius 3 is 2.57 bits per heavy atom. The first-order chi connectivity index (χ1) is 10.4. The molecule has 21 heavy (non-hydrogen) atoms. The van der Waals surface area contributed by atoms with Gasteiger partial charge in [0.1, 0.15) is 24.8 Å². The van der Waals surface area contributed by atoms with E-state index < -0.39 is 0 Å². The molecule has 0 radical (unpaired) electrons. The van der Waals surface area contributed by atoms with Crippen molar-refractivity contribution in [2.24, 2.45) is 0 Å². The molecule has 2 aromatic carbocycles. The SMILES string of the molecule is COCc1nc2ccccc2n1CCOc1ccccc1. The summed E-state index contributed by atoms with van der Waals surface area (Å²) >= 11 is 0. The van der Waals surface area contributed by atoms with Gasteiger partial charge in [0.25, 0.3) is 0 Å². The number of ether oxygens (including phenoxy) is 2. The first-order valence-electron chi connectivity index (χ1n) is 6.99. The molecule has 108 valence electrons. The molecule has 0 aliphatic carbocycles. The Hall–Kier alpha value is -2.33. The van der Waals surface area contributed by atoms with Crippen LogP contribution in [0, 0.1) is 0 Å². The molecule has 0 spiro atoms. The van der Waals surface area contributed by atoms with Crippen molar-refractivity contribution in [2.45, 2.75) is 13.2 Å². The van der Waals surface area contributed by atoms with Crippen LogP contribution in [0.2, 0.25) is 0 Å². The Bertz CT molecular complexity index is 707. The molecular weight excluding hydrogens is 264 g/mol. The van der Waals surface area contributed by atoms with E-state index in [2.05, 4.69) is 15.6 Å². The van der Waals surface area contributed by atoms with Gasteiger partial charge in [-0.25, -0.2) is 4.98 Å². The average Bonchev–Trinajstić information content (AvgIpc) is 2.87. The average molecular weight is 282 g/mol. The maximum atomic E-state index is 5.77. The normalized spacial score (nSPS) is 10.9. The van der Waals surface area contributed by atoms with Gasteiger partial charge in [-0.05, 0) is 24.3 Å². The molecule has 0 fully saturated rings. The number of rotatable bonds is 6. The molecule has 0 aliphatic heterocycles. The van der Waals surface area contributed by atoms with Gasteiger partial charge in [0.2, 0.25) is 0 Å². The summed E-state index contributed by atoms with van der Waals surface area (Å²) in [6, 6.07) is 18.0. The topological polar surface area (TPSA) is 36.3 Å². The second kappa shape index (κ2) is 6.41. The van der Waals surface area contributed by atoms with E-state index in [1.165, 1.54) is 0 Å². The van der Waals surface area contributed by atoms with Crippen molar-refractivity contribution in [3.8, 4) is 5.75 Å². The third-order valence-electron chi connectivity index (χ3n) is 3.33. The van der Waals surface area contributed by atoms with Crippen LogP contribution in [-0.4, -0.2) is 23.3 Å². The van der Waals surface area contributed by atoms with Crippen molar-refractivity contribution in [1.82, 2.24) is 9.55 Å². The van der Waals surface area contributed by atoms with Gasteiger partial charge in [0, 0.05) is 7.11 Å². The van der Waals surface area contributed by atoms with Crippen LogP contribution in [0.3, 0.4) is 0 Å². The smallest absolute Gasteiger partial charge is 0.136 e. The maximum absolute atomic E-state index is 5.77. The fraction of sp³-hybridized carbons (Fsp3) is 0.235. The highest BCUT2D eigenvalue weighted by atomic mass is 16.5. The Balaban J connectivity index is 1.77. The molecule has 0 amide bonds. The highest BCUT2D eigenvalue weighted by molar-refractivity contribution is 5.75. The molecule has 0 saturated heterocycles. The van der Waals surface area contributed by atoms with Gasteiger partial charge in [-0.2, -0.15) is 0 Å². The van der Waals surface area contributed by atoms with Gasteiger partial charge in [0.05, 0.1) is 17.6 Å². The van der Waals surface area contributed by atoms with Crippen LogP contribution in [0.15, 0.2) is 54.6 Å². The summed E-state index contributed by atoms with van der Waals surface area (Å²) in [5, 5.41) is 0. The lowest BCUT2D eigenvalue weighted by molar-refractivity contribution is 0.173. The number of methoxy groups -OCH3 is 1. The first kappa shape index (κ1) is 13.6. The van der Waals surface area contributed by atoms with E-state index in [9.17, 15) is 0 Å². The van der Waals surface area contributed by atoms with Gasteiger partial charge >= 0.3 is 0 Å². The zero-order valence-corrected chi connectivity index (χ0v) is 12.0. The Kier molecular flexibility index (Phi) is 4.17. The number of hydrogen-bond acceptors (Lipinski definition) is 3. The van der Waals surface area contributed by atoms with Gasteiger partial charge in [-0.1, -0.05) is 30.3 Å². The molecule has 0 N–H and O–H groups in total. The Morgan fingerprint density at radius 2 is 1.76 bits per heavy atom. The van der Waals surface area contributed by atoms with Crippen LogP contribution in [0.25, 0.3) is 11.0 Å². The molecule has 0 atom stereocenters. The third-order valence-corrected chi connectivity index (χ3v) is 3.33. The van der Waals surface area contributed by atoms with E-state index in [0.29, 0.717) is 13.2 Å². The van der Waals surface area contributed by atoms with Crippen LogP contribution in [-0.2, 0) is 17.9 Å². The van der Waals surface area contributed by atoms with E-state index in [4.69, 9.17) is 9.47 Å². The van der Waals surface area contributed by atoms with Crippen molar-refractivity contribution in [3.63, 3.8) is 0 Å². The van der Waals surface area contributed by atoms with Gasteiger partial charge in [-0.15, -0.1) is 0 Å². The minimum Gasteiger partial charge on any atom is -0.492 e. The van der Waals surface area contributed by atoms with E-state index >= 15 is 0 Å². The number of nitrogens with zero attached hydrogens (tertiary/aromatic N) is 2. The predicted octanol–water partition coefficient (Wildman–Crippen LogP) is 3.26. The third kappa shape index (κ3) is 3.06. The van der Waals surface area contributed by atoms with Crippen molar-refractivity contribution in [2.75, 3.05) is 13.7 Å². The van der Waals surface area contributed by atoms with Crippen LogP contribution in [0.4, 0.5) is 0 Å². The molecule has 4 nitrogen and oxygen atoms in total. The van der Waals surface area contributed by atoms with Crippen LogP contribution in [0.5, 0.6) is 5.75 Å². The standard InChI is InChI=1S/C17H18N2O2/c1-20-13-17-18-15-9-5-6-10-16(15)19(17)11-12-21-14-7-3-2-4-8-14/h2-10H,11-13H2,1H3. The summed E-state index contributed by atoms with van der Waals surface area (Å²) in [5.74, 6) is 1.81. The fourth-order valence-corrected chi connectivity index (χ4v) is 2.39. The van der Waals surface area contributed by atoms with Crippen molar-refractivity contribution in [3.05, 3.63) is 60.4 Å². The van der Waals surface area contributed by atoms with Crippen molar-refractivity contribution in [1.29, 1.82) is 0 Å². The lowest BCUT2D eigenvalue weighted by Crippen LogP contribution is -2.11. The molecule has 1 aromatic heterocycles. The number of benzene rings is 2. The van der Waals surface area contributed by atoms with Crippen molar-refractivity contribution < 1.29 is 9.47 Å². The molecule has 4 heteroatoms. The molecular formula is C17H18N2O2. The predicted molar refractivity (Wildman–Crippen MR) is 82.4 cm³/mol. The largest absolute Gasteiger partial charge is 0.492 e. The van der Waals surface area contributed by atoms with E-state index in [1.807, 2.05) is 48.5 Å². The zero-order chi connectivity index (χ0) is 14.5. The van der Waals surface area contributed by atoms with Crippen LogP contribution in [0.1, 0.15) is 5.82 Å². The van der Waals surface area contributed by atoms with Crippen molar-refractivity contribution >= 4 is 11.0 Å². The molecule has 0 unspecified atom stereocenters. The summed E-state index contributed by atoms with van der Waals surface area (Å²) in [4.78, 5) is 4.61. The van der Waals surface area contributed by atoms with Gasteiger partial charge in [-0.3, -0.25) is 0 Å². The quantitative estimate of drug-likeness (QED) is 0.696. The molecule has 0 saturated carbocycles. The minimum absolute atomic E-state index is 0.500. The highest BCUT2D eigenvalue weighted by Gasteiger charge is 2.09. The summed E-state index contributed by atoms with van der Waals surface area (Å²) in [7, 11) is 1.68. The van der Waals surface area contributed by atoms with Gasteiger partial charge in [0.15, 0.2) is 0 Å². The first-order valence-corrected chi connectivity index (χ1v) is 6.99. The summed E-state index contributed by atoms with van der Waals surface area (Å²) in [6.45, 7) is 1.84. The minimum atomic E-state index is 0.500. The van der Waals surface area contributed by atoms with Crippen LogP contribution >= 0.6 is 0 Å². The Labute approximate surface area is 123 Å². The highest BCUT2D eigenvalue weighted by Crippen LogP contribution is 2.17. The number of imidazole rings is 1. The number of hydrogen-bond donors (Lipinski definition) is 0. The van der Waals surface area contributed by atoms with Gasteiger partial charge < -0.3 is 14.0 Å². The molecule has 3 rings (SSSR count). The molecule has 1 heterocycles. The summed E-state index contributed by atoms with van der Waals surface area (Å²) < 4.78 is 13.2. The maximum Gasteiger partial charge on any atom is 0.136 e. The zero-order valence-electron chi connectivity index (χ0n) is 12.0. The number of para-hydroxylation sites is 3. The van der Waals surface area contributed by atoms with E-state index in [0.717, 1.165) is 29.2 Å². The van der Waals surface area contributed by atoms with E-state index in [-0.39, 0.29) is 0 Å². The summed E-state index contributed by atoms with van der Waals surface area (Å²) in [6.07, 6.45) is 0. The monoisotopic (exact) mass is 282 g/mol.